The van der Waals surface area contributed by atoms with Gasteiger partial charge in [-0.1, -0.05) is 0 Å². The van der Waals surface area contributed by atoms with Crippen LogP contribution >= 0.6 is 11.8 Å². The zero-order chi connectivity index (χ0) is 13.1. The van der Waals surface area contributed by atoms with Crippen molar-refractivity contribution in [2.45, 2.75) is 31.7 Å². The molecule has 0 bridgehead atoms. The lowest BCUT2D eigenvalue weighted by Gasteiger charge is -2.24. The first kappa shape index (κ1) is 13.1. The van der Waals surface area contributed by atoms with Gasteiger partial charge >= 0.3 is 0 Å². The van der Waals surface area contributed by atoms with Gasteiger partial charge in [-0.2, -0.15) is 11.8 Å². The van der Waals surface area contributed by atoms with Crippen molar-refractivity contribution in [2.24, 2.45) is 0 Å². The van der Waals surface area contributed by atoms with Crippen molar-refractivity contribution >= 4 is 23.1 Å². The van der Waals surface area contributed by atoms with Gasteiger partial charge in [-0.25, -0.2) is 4.39 Å². The number of thioether (sulfide) groups is 1. The second-order valence-corrected chi connectivity index (χ2v) is 6.62. The summed E-state index contributed by atoms with van der Waals surface area (Å²) in [6.45, 7) is 1.98. The van der Waals surface area contributed by atoms with Gasteiger partial charge in [-0.05, 0) is 55.4 Å². The molecule has 2 saturated heterocycles. The Labute approximate surface area is 118 Å². The van der Waals surface area contributed by atoms with Gasteiger partial charge in [0.05, 0.1) is 5.69 Å². The Balaban J connectivity index is 1.67. The Kier molecular flexibility index (Phi) is 4.16. The summed E-state index contributed by atoms with van der Waals surface area (Å²) in [5.74, 6) is 2.34. The van der Waals surface area contributed by atoms with Crippen molar-refractivity contribution in [3.05, 3.63) is 24.0 Å². The molecule has 1 N–H and O–H groups in total. The summed E-state index contributed by atoms with van der Waals surface area (Å²) in [5.41, 5.74) is 1.69. The average molecular weight is 280 g/mol. The van der Waals surface area contributed by atoms with Crippen LogP contribution in [0.3, 0.4) is 0 Å². The zero-order valence-electron chi connectivity index (χ0n) is 11.2. The first-order valence-corrected chi connectivity index (χ1v) is 8.37. The molecule has 0 unspecified atom stereocenters. The third-order valence-corrected chi connectivity index (χ3v) is 5.04. The van der Waals surface area contributed by atoms with Crippen LogP contribution in [0.1, 0.15) is 25.7 Å². The third-order valence-electron chi connectivity index (χ3n) is 3.99. The normalized spacial score (nSPS) is 20.8. The first-order chi connectivity index (χ1) is 9.33. The molecule has 2 heterocycles. The highest BCUT2D eigenvalue weighted by Gasteiger charge is 2.17. The summed E-state index contributed by atoms with van der Waals surface area (Å²) in [4.78, 5) is 2.15. The number of hydrogen-bond donors (Lipinski definition) is 1. The SMILES string of the molecule is Fc1cc(NC2CCSCC2)ccc1N1CCCC1. The summed E-state index contributed by atoms with van der Waals surface area (Å²) in [6.07, 6.45) is 4.72. The van der Waals surface area contributed by atoms with E-state index < -0.39 is 0 Å². The second kappa shape index (κ2) is 6.04. The van der Waals surface area contributed by atoms with Crippen molar-refractivity contribution in [2.75, 3.05) is 34.8 Å². The molecule has 0 aromatic heterocycles. The van der Waals surface area contributed by atoms with E-state index in [4.69, 9.17) is 0 Å². The number of nitrogens with zero attached hydrogens (tertiary/aromatic N) is 1. The molecule has 0 saturated carbocycles. The van der Waals surface area contributed by atoms with E-state index in [1.54, 1.807) is 6.07 Å². The van der Waals surface area contributed by atoms with Gasteiger partial charge in [-0.3, -0.25) is 0 Å². The standard InChI is InChI=1S/C15H21FN2S/c16-14-11-13(17-12-5-9-19-10-6-12)3-4-15(14)18-7-1-2-8-18/h3-4,11-12,17H,1-2,5-10H2. The Hall–Kier alpha value is -0.900. The van der Waals surface area contributed by atoms with E-state index in [9.17, 15) is 4.39 Å². The van der Waals surface area contributed by atoms with E-state index >= 15 is 0 Å². The minimum absolute atomic E-state index is 0.0860. The van der Waals surface area contributed by atoms with Crippen LogP contribution in [-0.4, -0.2) is 30.6 Å². The van der Waals surface area contributed by atoms with Gasteiger partial charge in [0.1, 0.15) is 5.82 Å². The zero-order valence-corrected chi connectivity index (χ0v) is 12.0. The predicted octanol–water partition coefficient (Wildman–Crippen LogP) is 3.73. The second-order valence-electron chi connectivity index (χ2n) is 5.39. The lowest BCUT2D eigenvalue weighted by atomic mass is 10.1. The maximum absolute atomic E-state index is 14.2. The molecule has 0 amide bonds. The molecule has 19 heavy (non-hydrogen) atoms. The van der Waals surface area contributed by atoms with Crippen molar-refractivity contribution in [1.82, 2.24) is 0 Å². The number of anilines is 2. The number of rotatable bonds is 3. The molecule has 0 aliphatic carbocycles. The maximum atomic E-state index is 14.2. The monoisotopic (exact) mass is 280 g/mol. The molecule has 3 rings (SSSR count). The molecule has 0 radical (unpaired) electrons. The Bertz CT molecular complexity index is 426. The van der Waals surface area contributed by atoms with E-state index in [0.29, 0.717) is 6.04 Å². The predicted molar refractivity (Wildman–Crippen MR) is 81.8 cm³/mol. The van der Waals surface area contributed by atoms with Gasteiger partial charge in [0.15, 0.2) is 0 Å². The summed E-state index contributed by atoms with van der Waals surface area (Å²) in [6, 6.07) is 6.13. The molecule has 2 fully saturated rings. The highest BCUT2D eigenvalue weighted by Crippen LogP contribution is 2.27. The van der Waals surface area contributed by atoms with Gasteiger partial charge < -0.3 is 10.2 Å². The van der Waals surface area contributed by atoms with E-state index in [0.717, 1.165) is 24.5 Å². The van der Waals surface area contributed by atoms with Crippen LogP contribution in [0.5, 0.6) is 0 Å². The molecule has 4 heteroatoms. The highest BCUT2D eigenvalue weighted by molar-refractivity contribution is 7.99. The number of hydrogen-bond acceptors (Lipinski definition) is 3. The summed E-state index contributed by atoms with van der Waals surface area (Å²) in [5, 5.41) is 3.47. The fourth-order valence-electron chi connectivity index (χ4n) is 2.89. The smallest absolute Gasteiger partial charge is 0.148 e. The fraction of sp³-hybridized carbons (Fsp3) is 0.600. The van der Waals surface area contributed by atoms with Crippen molar-refractivity contribution in [3.63, 3.8) is 0 Å². The molecule has 2 nitrogen and oxygen atoms in total. The Morgan fingerprint density at radius 1 is 1.16 bits per heavy atom. The molecular formula is C15H21FN2S. The van der Waals surface area contributed by atoms with E-state index in [2.05, 4.69) is 10.2 Å². The van der Waals surface area contributed by atoms with Crippen LogP contribution in [-0.2, 0) is 0 Å². The van der Waals surface area contributed by atoms with Crippen LogP contribution in [0.15, 0.2) is 18.2 Å². The largest absolute Gasteiger partial charge is 0.382 e. The summed E-state index contributed by atoms with van der Waals surface area (Å²) >= 11 is 2.01. The van der Waals surface area contributed by atoms with Gasteiger partial charge in [0.25, 0.3) is 0 Å². The van der Waals surface area contributed by atoms with Crippen LogP contribution in [0.25, 0.3) is 0 Å². The highest BCUT2D eigenvalue weighted by atomic mass is 32.2. The van der Waals surface area contributed by atoms with Crippen LogP contribution in [0, 0.1) is 5.82 Å². The van der Waals surface area contributed by atoms with E-state index in [-0.39, 0.29) is 5.82 Å². The van der Waals surface area contributed by atoms with E-state index in [1.165, 1.54) is 37.2 Å². The van der Waals surface area contributed by atoms with Crippen LogP contribution < -0.4 is 10.2 Å². The fourth-order valence-corrected chi connectivity index (χ4v) is 4.00. The number of benzene rings is 1. The molecule has 0 spiro atoms. The van der Waals surface area contributed by atoms with Crippen LogP contribution in [0.2, 0.25) is 0 Å². The van der Waals surface area contributed by atoms with Gasteiger partial charge in [0.2, 0.25) is 0 Å². The molecule has 0 atom stereocenters. The maximum Gasteiger partial charge on any atom is 0.148 e. The molecule has 104 valence electrons. The van der Waals surface area contributed by atoms with Crippen molar-refractivity contribution < 1.29 is 4.39 Å². The topological polar surface area (TPSA) is 15.3 Å². The number of nitrogens with one attached hydrogen (secondary N) is 1. The molecule has 1 aromatic carbocycles. The number of halogens is 1. The molecule has 2 aliphatic heterocycles. The minimum Gasteiger partial charge on any atom is -0.382 e. The summed E-state index contributed by atoms with van der Waals surface area (Å²) < 4.78 is 14.2. The summed E-state index contributed by atoms with van der Waals surface area (Å²) in [7, 11) is 0. The van der Waals surface area contributed by atoms with Gasteiger partial charge in [0, 0.05) is 24.8 Å². The van der Waals surface area contributed by atoms with Crippen molar-refractivity contribution in [3.8, 4) is 0 Å². The Morgan fingerprint density at radius 2 is 1.89 bits per heavy atom. The quantitative estimate of drug-likeness (QED) is 0.908. The molecular weight excluding hydrogens is 259 g/mol. The van der Waals surface area contributed by atoms with Gasteiger partial charge in [-0.15, -0.1) is 0 Å². The molecule has 2 aliphatic rings. The van der Waals surface area contributed by atoms with E-state index in [1.807, 2.05) is 23.9 Å². The Morgan fingerprint density at radius 3 is 2.58 bits per heavy atom. The lowest BCUT2D eigenvalue weighted by molar-refractivity contribution is 0.621. The van der Waals surface area contributed by atoms with Crippen LogP contribution in [0.4, 0.5) is 15.8 Å². The minimum atomic E-state index is -0.0860. The van der Waals surface area contributed by atoms with Crippen molar-refractivity contribution in [1.29, 1.82) is 0 Å². The average Bonchev–Trinajstić information content (AvgIpc) is 2.94. The first-order valence-electron chi connectivity index (χ1n) is 7.22. The lowest BCUT2D eigenvalue weighted by Crippen LogP contribution is -2.24. The molecule has 1 aromatic rings. The third kappa shape index (κ3) is 3.16.